The van der Waals surface area contributed by atoms with Crippen molar-refractivity contribution in [3.8, 4) is 0 Å². The smallest absolute Gasteiger partial charge is 0.0811 e. The lowest BCUT2D eigenvalue weighted by Gasteiger charge is -2.44. The van der Waals surface area contributed by atoms with Crippen LogP contribution in [0.5, 0.6) is 0 Å². The van der Waals surface area contributed by atoms with Crippen molar-refractivity contribution in [3.63, 3.8) is 0 Å². The predicted molar refractivity (Wildman–Crippen MR) is 163 cm³/mol. The van der Waals surface area contributed by atoms with E-state index in [1.165, 1.54) is 89.9 Å². The Bertz CT molecular complexity index is 908. The molecule has 4 saturated carbocycles. The molecule has 39 heavy (non-hydrogen) atoms. The summed E-state index contributed by atoms with van der Waals surface area (Å²) in [6, 6.07) is 0. The zero-order valence-electron chi connectivity index (χ0n) is 25.3. The highest BCUT2D eigenvalue weighted by molar-refractivity contribution is 5.38. The summed E-state index contributed by atoms with van der Waals surface area (Å²) in [4.78, 5) is 0. The van der Waals surface area contributed by atoms with Gasteiger partial charge in [0.2, 0.25) is 0 Å². The lowest BCUT2D eigenvalue weighted by molar-refractivity contribution is 0.0862. The summed E-state index contributed by atoms with van der Waals surface area (Å²) in [7, 11) is 0. The fraction of sp³-hybridized carbons (Fsp3) is 0.778. The zero-order chi connectivity index (χ0) is 28.0. The average Bonchev–Trinajstić information content (AvgIpc) is 3.61. The van der Waals surface area contributed by atoms with Crippen molar-refractivity contribution in [1.29, 1.82) is 0 Å². The minimum absolute atomic E-state index is 0.167. The van der Waals surface area contributed by atoms with Crippen LogP contribution in [0, 0.1) is 28.6 Å². The molecule has 4 fully saturated rings. The third-order valence-corrected chi connectivity index (χ3v) is 11.3. The van der Waals surface area contributed by atoms with E-state index in [4.69, 9.17) is 0 Å². The van der Waals surface area contributed by atoms with E-state index < -0.39 is 12.2 Å². The summed E-state index contributed by atoms with van der Waals surface area (Å²) in [5, 5.41) is 31.5. The van der Waals surface area contributed by atoms with E-state index in [0.717, 1.165) is 17.6 Å². The molecule has 0 heterocycles. The van der Waals surface area contributed by atoms with Crippen molar-refractivity contribution in [2.24, 2.45) is 28.6 Å². The Kier molecular flexibility index (Phi) is 10.8. The maximum Gasteiger partial charge on any atom is 0.0811 e. The van der Waals surface area contributed by atoms with Gasteiger partial charge in [-0.25, -0.2) is 0 Å². The molecule has 0 aromatic rings. The Morgan fingerprint density at radius 2 is 1.69 bits per heavy atom. The Balaban J connectivity index is 1.32. The first-order chi connectivity index (χ1) is 18.7. The Labute approximate surface area is 239 Å². The van der Waals surface area contributed by atoms with Gasteiger partial charge in [0, 0.05) is 6.42 Å². The van der Waals surface area contributed by atoms with Crippen LogP contribution < -0.4 is 0 Å². The molecule has 0 unspecified atom stereocenters. The number of unbranched alkanes of at least 4 members (excludes halogenated alkanes) is 6. The molecule has 0 aromatic carbocycles. The van der Waals surface area contributed by atoms with E-state index in [-0.39, 0.29) is 11.5 Å². The minimum Gasteiger partial charge on any atom is -0.393 e. The Morgan fingerprint density at radius 1 is 0.974 bits per heavy atom. The number of aliphatic hydroxyl groups is 3. The molecule has 0 radical (unpaired) electrons. The van der Waals surface area contributed by atoms with Gasteiger partial charge < -0.3 is 15.3 Å². The zero-order valence-corrected chi connectivity index (χ0v) is 25.3. The van der Waals surface area contributed by atoms with Gasteiger partial charge in [-0.3, -0.25) is 0 Å². The van der Waals surface area contributed by atoms with E-state index in [1.807, 2.05) is 0 Å². The van der Waals surface area contributed by atoms with Crippen molar-refractivity contribution in [3.05, 3.63) is 47.6 Å². The molecule has 0 spiro atoms. The molecule has 0 aromatic heterocycles. The van der Waals surface area contributed by atoms with Crippen LogP contribution in [0.3, 0.4) is 0 Å². The van der Waals surface area contributed by atoms with Gasteiger partial charge in [0.05, 0.1) is 18.3 Å². The lowest BCUT2D eigenvalue weighted by Crippen LogP contribution is -2.35. The van der Waals surface area contributed by atoms with Crippen LogP contribution in [-0.2, 0) is 0 Å². The van der Waals surface area contributed by atoms with E-state index in [1.54, 1.807) is 5.57 Å². The summed E-state index contributed by atoms with van der Waals surface area (Å²) in [6.45, 7) is 11.3. The van der Waals surface area contributed by atoms with Crippen LogP contribution in [0.15, 0.2) is 47.6 Å². The summed E-state index contributed by atoms with van der Waals surface area (Å²) < 4.78 is 0. The molecule has 4 rings (SSSR count). The van der Waals surface area contributed by atoms with Crippen LogP contribution in [-0.4, -0.2) is 33.6 Å². The van der Waals surface area contributed by atoms with Gasteiger partial charge in [-0.15, -0.1) is 0 Å². The lowest BCUT2D eigenvalue weighted by atomic mass is 9.61. The second-order valence-electron chi connectivity index (χ2n) is 14.1. The van der Waals surface area contributed by atoms with Crippen LogP contribution in [0.2, 0.25) is 0 Å². The number of fused-ring (bicyclic) bond motifs is 1. The number of rotatable bonds is 13. The first kappa shape index (κ1) is 30.8. The Morgan fingerprint density at radius 3 is 2.41 bits per heavy atom. The summed E-state index contributed by atoms with van der Waals surface area (Å²) >= 11 is 0. The molecule has 0 aliphatic heterocycles. The highest BCUT2D eigenvalue weighted by Gasteiger charge is 2.51. The molecule has 3 heteroatoms. The molecular formula is C36H58O3. The molecule has 0 amide bonds. The van der Waals surface area contributed by atoms with Crippen LogP contribution in [0.25, 0.3) is 0 Å². The fourth-order valence-corrected chi connectivity index (χ4v) is 8.52. The van der Waals surface area contributed by atoms with Crippen molar-refractivity contribution in [2.75, 3.05) is 0 Å². The van der Waals surface area contributed by atoms with Crippen LogP contribution in [0.4, 0.5) is 0 Å². The van der Waals surface area contributed by atoms with Gasteiger partial charge >= 0.3 is 0 Å². The molecule has 0 saturated heterocycles. The first-order valence-electron chi connectivity index (χ1n) is 16.5. The summed E-state index contributed by atoms with van der Waals surface area (Å²) in [5.41, 5.74) is 3.79. The topological polar surface area (TPSA) is 60.7 Å². The maximum atomic E-state index is 11.1. The highest BCUT2D eigenvalue weighted by atomic mass is 16.3. The summed E-state index contributed by atoms with van der Waals surface area (Å²) in [5.74, 6) is 1.73. The Hall–Kier alpha value is -1.16. The monoisotopic (exact) mass is 538 g/mol. The van der Waals surface area contributed by atoms with E-state index in [0.29, 0.717) is 36.0 Å². The molecular weight excluding hydrogens is 480 g/mol. The van der Waals surface area contributed by atoms with Gasteiger partial charge in [0.25, 0.3) is 0 Å². The molecule has 4 aliphatic rings. The van der Waals surface area contributed by atoms with E-state index >= 15 is 0 Å². The molecule has 220 valence electrons. The molecule has 4 aliphatic carbocycles. The predicted octanol–water partition coefficient (Wildman–Crippen LogP) is 8.60. The third-order valence-electron chi connectivity index (χ3n) is 11.3. The van der Waals surface area contributed by atoms with Gasteiger partial charge in [-0.05, 0) is 97.5 Å². The summed E-state index contributed by atoms with van der Waals surface area (Å²) in [6.07, 6.45) is 27.7. The van der Waals surface area contributed by atoms with Crippen molar-refractivity contribution >= 4 is 0 Å². The standard InChI is InChI=1S/C36H58O3/c1-5-6-7-8-9-10-11-21-36(22-23-36)34(39)19-14-26(2)31-17-18-32-28(13-12-20-35(31,32)4)15-16-29-24-30(37)25-33(38)27(29)3/h14-16,19,26,30-34,37-39H,3,5-13,17-18,20-25H2,1-2,4H3/b19-14+,28-15+,29-16-/t26-,30-,31-,32+,33+,34-,35-/m1/s1. The van der Waals surface area contributed by atoms with E-state index in [2.05, 4.69) is 51.7 Å². The molecule has 3 N–H and O–H groups in total. The first-order valence-corrected chi connectivity index (χ1v) is 16.5. The quantitative estimate of drug-likeness (QED) is 0.162. The molecule has 7 atom stereocenters. The number of hydrogen-bond acceptors (Lipinski definition) is 3. The second kappa shape index (κ2) is 13.7. The maximum absolute atomic E-state index is 11.1. The molecule has 0 bridgehead atoms. The third kappa shape index (κ3) is 7.38. The number of aliphatic hydroxyl groups excluding tert-OH is 3. The normalized spacial score (nSPS) is 36.0. The largest absolute Gasteiger partial charge is 0.393 e. The van der Waals surface area contributed by atoms with Crippen molar-refractivity contribution < 1.29 is 15.3 Å². The second-order valence-corrected chi connectivity index (χ2v) is 14.1. The number of allylic oxidation sites excluding steroid dienone is 4. The fourth-order valence-electron chi connectivity index (χ4n) is 8.52. The van der Waals surface area contributed by atoms with Gasteiger partial charge in [0.15, 0.2) is 0 Å². The van der Waals surface area contributed by atoms with Gasteiger partial charge in [0.1, 0.15) is 0 Å². The van der Waals surface area contributed by atoms with Gasteiger partial charge in [-0.2, -0.15) is 0 Å². The SMILES string of the molecule is C=C1/C(=C\C=C2/CCC[C@]3(C)[C@@H]([C@H](C)/C=C/[C@@H](O)C4(CCCCCCCCC)CC4)CC[C@@H]23)C[C@@H](O)C[C@@H]1O. The van der Waals surface area contributed by atoms with Crippen molar-refractivity contribution in [2.45, 2.75) is 148 Å². The minimum atomic E-state index is -0.626. The van der Waals surface area contributed by atoms with Crippen LogP contribution in [0.1, 0.15) is 130 Å². The van der Waals surface area contributed by atoms with Crippen LogP contribution >= 0.6 is 0 Å². The average molecular weight is 539 g/mol. The van der Waals surface area contributed by atoms with Crippen molar-refractivity contribution in [1.82, 2.24) is 0 Å². The number of hydrogen-bond donors (Lipinski definition) is 3. The highest BCUT2D eigenvalue weighted by Crippen LogP contribution is 2.60. The van der Waals surface area contributed by atoms with Gasteiger partial charge in [-0.1, -0.05) is 102 Å². The molecule has 3 nitrogen and oxygen atoms in total. The van der Waals surface area contributed by atoms with E-state index in [9.17, 15) is 15.3 Å².